The van der Waals surface area contributed by atoms with Gasteiger partial charge in [0, 0.05) is 33.0 Å². The average Bonchev–Trinajstić information content (AvgIpc) is 2.85. The molecule has 0 saturated heterocycles. The quantitative estimate of drug-likeness (QED) is 0.750. The van der Waals surface area contributed by atoms with Crippen molar-refractivity contribution >= 4 is 21.7 Å². The topological polar surface area (TPSA) is 98.6 Å². The van der Waals surface area contributed by atoms with Crippen LogP contribution in [0.4, 0.5) is 4.79 Å². The van der Waals surface area contributed by atoms with Crippen molar-refractivity contribution in [2.45, 2.75) is 18.7 Å². The normalized spacial score (nSPS) is 11.3. The van der Waals surface area contributed by atoms with Crippen LogP contribution < -0.4 is 4.74 Å². The standard InChI is InChI=1S/C17H21N3O5S/c1-10-7-12(8-11(2)15(10)26(6,23)24)14(21)13-9-18-20(5)16(13)25-17(22)19(3)4/h7-9H,1-6H3. The van der Waals surface area contributed by atoms with Gasteiger partial charge < -0.3 is 9.64 Å². The summed E-state index contributed by atoms with van der Waals surface area (Å²) in [5.41, 5.74) is 1.37. The average molecular weight is 379 g/mol. The molecule has 0 unspecified atom stereocenters. The molecule has 0 bridgehead atoms. The highest BCUT2D eigenvalue weighted by atomic mass is 32.2. The highest BCUT2D eigenvalue weighted by Gasteiger charge is 2.24. The summed E-state index contributed by atoms with van der Waals surface area (Å²) in [6, 6.07) is 3.02. The molecule has 140 valence electrons. The number of carbonyl (C=O) groups excluding carboxylic acids is 2. The van der Waals surface area contributed by atoms with E-state index in [9.17, 15) is 18.0 Å². The zero-order chi connectivity index (χ0) is 19.8. The fourth-order valence-corrected chi connectivity index (χ4v) is 3.99. The number of hydrogen-bond donors (Lipinski definition) is 0. The van der Waals surface area contributed by atoms with Crippen LogP contribution in [-0.2, 0) is 16.9 Å². The predicted octanol–water partition coefficient (Wildman–Crippen LogP) is 1.73. The van der Waals surface area contributed by atoms with Crippen LogP contribution in [0.15, 0.2) is 23.2 Å². The summed E-state index contributed by atoms with van der Waals surface area (Å²) in [5, 5.41) is 3.98. The van der Waals surface area contributed by atoms with Gasteiger partial charge >= 0.3 is 6.09 Å². The van der Waals surface area contributed by atoms with Crippen molar-refractivity contribution in [2.75, 3.05) is 20.4 Å². The molecule has 8 nitrogen and oxygen atoms in total. The maximum atomic E-state index is 12.9. The van der Waals surface area contributed by atoms with Crippen LogP contribution in [0.2, 0.25) is 0 Å². The molecule has 0 N–H and O–H groups in total. The molecule has 0 spiro atoms. The molecule has 0 aliphatic carbocycles. The van der Waals surface area contributed by atoms with Crippen molar-refractivity contribution in [3.05, 3.63) is 40.6 Å². The minimum atomic E-state index is -3.40. The lowest BCUT2D eigenvalue weighted by Crippen LogP contribution is -2.26. The molecular formula is C17H21N3O5S. The Hall–Kier alpha value is -2.68. The molecule has 1 heterocycles. The van der Waals surface area contributed by atoms with Crippen LogP contribution >= 0.6 is 0 Å². The van der Waals surface area contributed by atoms with E-state index in [2.05, 4.69) is 5.10 Å². The summed E-state index contributed by atoms with van der Waals surface area (Å²) in [7, 11) is 1.20. The second-order valence-corrected chi connectivity index (χ2v) is 8.24. The zero-order valence-electron chi connectivity index (χ0n) is 15.5. The number of ketones is 1. The minimum Gasteiger partial charge on any atom is -0.391 e. The molecule has 0 saturated carbocycles. The van der Waals surface area contributed by atoms with E-state index in [1.807, 2.05) is 0 Å². The molecular weight excluding hydrogens is 358 g/mol. The summed E-state index contributed by atoms with van der Waals surface area (Å²) >= 11 is 0. The SMILES string of the molecule is Cc1cc(C(=O)c2cnn(C)c2OC(=O)N(C)C)cc(C)c1S(C)(=O)=O. The summed E-state index contributed by atoms with van der Waals surface area (Å²) in [4.78, 5) is 26.2. The third-order valence-electron chi connectivity index (χ3n) is 3.77. The second-order valence-electron chi connectivity index (χ2n) is 6.29. The third-order valence-corrected chi connectivity index (χ3v) is 5.16. The number of carbonyl (C=O) groups is 2. The molecule has 0 fully saturated rings. The van der Waals surface area contributed by atoms with Gasteiger partial charge in [-0.3, -0.25) is 4.79 Å². The van der Waals surface area contributed by atoms with E-state index < -0.39 is 21.7 Å². The number of aryl methyl sites for hydroxylation is 3. The van der Waals surface area contributed by atoms with Crippen LogP contribution in [0.1, 0.15) is 27.0 Å². The smallest absolute Gasteiger partial charge is 0.391 e. The lowest BCUT2D eigenvalue weighted by atomic mass is 10.0. The first-order valence-corrected chi connectivity index (χ1v) is 9.59. The second kappa shape index (κ2) is 6.91. The molecule has 0 atom stereocenters. The number of benzene rings is 1. The van der Waals surface area contributed by atoms with Crippen LogP contribution in [0.3, 0.4) is 0 Å². The molecule has 0 aliphatic heterocycles. The first-order chi connectivity index (χ1) is 11.9. The monoisotopic (exact) mass is 379 g/mol. The third kappa shape index (κ3) is 3.77. The fraction of sp³-hybridized carbons (Fsp3) is 0.353. The Kier molecular flexibility index (Phi) is 5.22. The Labute approximate surface area is 152 Å². The molecule has 1 aromatic heterocycles. The molecule has 26 heavy (non-hydrogen) atoms. The van der Waals surface area contributed by atoms with E-state index in [4.69, 9.17) is 4.74 Å². The van der Waals surface area contributed by atoms with Crippen LogP contribution in [0.25, 0.3) is 0 Å². The van der Waals surface area contributed by atoms with E-state index >= 15 is 0 Å². The van der Waals surface area contributed by atoms with Gasteiger partial charge in [-0.1, -0.05) is 0 Å². The van der Waals surface area contributed by atoms with Crippen molar-refractivity contribution in [3.8, 4) is 5.88 Å². The van der Waals surface area contributed by atoms with Crippen molar-refractivity contribution in [1.29, 1.82) is 0 Å². The number of nitrogens with zero attached hydrogens (tertiary/aromatic N) is 3. The van der Waals surface area contributed by atoms with Gasteiger partial charge in [0.25, 0.3) is 0 Å². The fourth-order valence-electron chi connectivity index (χ4n) is 2.70. The molecule has 1 aromatic carbocycles. The van der Waals surface area contributed by atoms with E-state index in [-0.39, 0.29) is 16.3 Å². The van der Waals surface area contributed by atoms with Crippen LogP contribution in [0.5, 0.6) is 5.88 Å². The summed E-state index contributed by atoms with van der Waals surface area (Å²) in [6.07, 6.45) is 1.81. The lowest BCUT2D eigenvalue weighted by molar-refractivity contribution is 0.103. The maximum absolute atomic E-state index is 12.9. The number of amides is 1. The van der Waals surface area contributed by atoms with Gasteiger partial charge in [-0.05, 0) is 37.1 Å². The largest absolute Gasteiger partial charge is 0.416 e. The van der Waals surface area contributed by atoms with Crippen LogP contribution in [-0.4, -0.2) is 55.3 Å². The van der Waals surface area contributed by atoms with E-state index in [1.54, 1.807) is 20.9 Å². The Balaban J connectivity index is 2.50. The van der Waals surface area contributed by atoms with Crippen molar-refractivity contribution in [1.82, 2.24) is 14.7 Å². The molecule has 2 rings (SSSR count). The maximum Gasteiger partial charge on any atom is 0.416 e. The number of aromatic nitrogens is 2. The first-order valence-electron chi connectivity index (χ1n) is 7.70. The van der Waals surface area contributed by atoms with Gasteiger partial charge in [-0.25, -0.2) is 17.9 Å². The van der Waals surface area contributed by atoms with Gasteiger partial charge in [0.1, 0.15) is 5.56 Å². The lowest BCUT2D eigenvalue weighted by Gasteiger charge is -2.13. The highest BCUT2D eigenvalue weighted by Crippen LogP contribution is 2.26. The molecule has 0 aliphatic rings. The molecule has 2 aromatic rings. The number of ether oxygens (including phenoxy) is 1. The summed E-state index contributed by atoms with van der Waals surface area (Å²) in [5.74, 6) is -0.387. The van der Waals surface area contributed by atoms with Crippen molar-refractivity contribution in [2.24, 2.45) is 7.05 Å². The van der Waals surface area contributed by atoms with Gasteiger partial charge in [0.15, 0.2) is 15.6 Å². The Morgan fingerprint density at radius 2 is 1.69 bits per heavy atom. The van der Waals surface area contributed by atoms with E-state index in [0.717, 1.165) is 6.26 Å². The van der Waals surface area contributed by atoms with E-state index in [0.29, 0.717) is 16.7 Å². The van der Waals surface area contributed by atoms with Gasteiger partial charge in [0.05, 0.1) is 11.1 Å². The number of rotatable bonds is 4. The Morgan fingerprint density at radius 1 is 1.15 bits per heavy atom. The highest BCUT2D eigenvalue weighted by molar-refractivity contribution is 7.90. The predicted molar refractivity (Wildman–Crippen MR) is 95.4 cm³/mol. The van der Waals surface area contributed by atoms with Crippen LogP contribution in [0, 0.1) is 13.8 Å². The van der Waals surface area contributed by atoms with E-state index in [1.165, 1.54) is 42.0 Å². The number of hydrogen-bond acceptors (Lipinski definition) is 6. The van der Waals surface area contributed by atoms with Gasteiger partial charge in [0.2, 0.25) is 5.88 Å². The Morgan fingerprint density at radius 3 is 2.15 bits per heavy atom. The van der Waals surface area contributed by atoms with Gasteiger partial charge in [-0.2, -0.15) is 5.10 Å². The van der Waals surface area contributed by atoms with Crippen molar-refractivity contribution in [3.63, 3.8) is 0 Å². The first kappa shape index (κ1) is 19.6. The van der Waals surface area contributed by atoms with Crippen molar-refractivity contribution < 1.29 is 22.7 Å². The molecule has 1 amide bonds. The summed E-state index contributed by atoms with van der Waals surface area (Å²) in [6.45, 7) is 3.27. The molecule has 0 radical (unpaired) electrons. The Bertz CT molecular complexity index is 967. The zero-order valence-corrected chi connectivity index (χ0v) is 16.3. The summed E-state index contributed by atoms with van der Waals surface area (Å²) < 4.78 is 30.3. The van der Waals surface area contributed by atoms with Gasteiger partial charge in [-0.15, -0.1) is 0 Å². The minimum absolute atomic E-state index is 0.0243. The molecule has 9 heteroatoms. The number of sulfone groups is 1.